The molecule has 0 radical (unpaired) electrons. The minimum Gasteiger partial charge on any atom is -0.379 e. The summed E-state index contributed by atoms with van der Waals surface area (Å²) < 4.78 is 14.8. The fraction of sp³-hybridized carbons (Fsp3) is 1.00. The van der Waals surface area contributed by atoms with Gasteiger partial charge in [-0.15, -0.1) is 25.3 Å². The third kappa shape index (κ3) is 8.90. The third-order valence-corrected chi connectivity index (χ3v) is 1.76. The number of hydrogen-bond acceptors (Lipinski definition) is 5. The summed E-state index contributed by atoms with van der Waals surface area (Å²) in [4.78, 5) is 0. The molecule has 0 heterocycles. The Morgan fingerprint density at radius 1 is 1.00 bits per heavy atom. The van der Waals surface area contributed by atoms with Gasteiger partial charge in [0.15, 0.2) is 4.27 Å². The van der Waals surface area contributed by atoms with Crippen molar-refractivity contribution in [2.24, 2.45) is 0 Å². The molecule has 3 nitrogen and oxygen atoms in total. The first-order valence-corrected chi connectivity index (χ1v) is 5.26. The van der Waals surface area contributed by atoms with Crippen LogP contribution >= 0.6 is 25.3 Å². The highest BCUT2D eigenvalue weighted by atomic mass is 32.2. The number of thiol groups is 2. The molecule has 0 unspecified atom stereocenters. The van der Waals surface area contributed by atoms with Crippen LogP contribution in [0, 0.1) is 0 Å². The van der Waals surface area contributed by atoms with Crippen LogP contribution in [0.2, 0.25) is 0 Å². The Hall–Kier alpha value is 0.580. The quantitative estimate of drug-likeness (QED) is 0.374. The lowest BCUT2D eigenvalue weighted by Gasteiger charge is -2.21. The highest BCUT2D eigenvalue weighted by Gasteiger charge is 2.19. The maximum Gasteiger partial charge on any atom is 0.178 e. The fourth-order valence-electron chi connectivity index (χ4n) is 0.740. The molecule has 0 saturated carbocycles. The van der Waals surface area contributed by atoms with Crippen molar-refractivity contribution >= 4 is 25.3 Å². The lowest BCUT2D eigenvalue weighted by Crippen LogP contribution is -2.26. The molecule has 0 atom stereocenters. The van der Waals surface area contributed by atoms with Crippen molar-refractivity contribution in [3.63, 3.8) is 0 Å². The molecule has 13 heavy (non-hydrogen) atoms. The summed E-state index contributed by atoms with van der Waals surface area (Å²) in [7, 11) is 0. The van der Waals surface area contributed by atoms with E-state index in [1.165, 1.54) is 0 Å². The van der Waals surface area contributed by atoms with E-state index in [-0.39, 0.29) is 0 Å². The van der Waals surface area contributed by atoms with Gasteiger partial charge < -0.3 is 14.2 Å². The molecule has 0 fully saturated rings. The van der Waals surface area contributed by atoms with Gasteiger partial charge in [-0.05, 0) is 13.8 Å². The largest absolute Gasteiger partial charge is 0.379 e. The van der Waals surface area contributed by atoms with Crippen LogP contribution in [0.3, 0.4) is 0 Å². The van der Waals surface area contributed by atoms with Crippen LogP contribution in [0.25, 0.3) is 0 Å². The predicted octanol–water partition coefficient (Wildman–Crippen LogP) is 1.59. The molecule has 0 N–H and O–H groups in total. The van der Waals surface area contributed by atoms with Gasteiger partial charge in [0.2, 0.25) is 0 Å². The summed E-state index contributed by atoms with van der Waals surface area (Å²) >= 11 is 8.34. The summed E-state index contributed by atoms with van der Waals surface area (Å²) in [6.45, 7) is 6.61. The first-order valence-electron chi connectivity index (χ1n) is 4.36. The highest BCUT2D eigenvalue weighted by molar-refractivity contribution is 8.00. The Bertz CT molecular complexity index is 120. The van der Waals surface area contributed by atoms with E-state index >= 15 is 0 Å². The zero-order chi connectivity index (χ0) is 10.2. The van der Waals surface area contributed by atoms with E-state index < -0.39 is 4.27 Å². The van der Waals surface area contributed by atoms with Crippen molar-refractivity contribution in [3.8, 4) is 0 Å². The van der Waals surface area contributed by atoms with E-state index in [1.54, 1.807) is 0 Å². The van der Waals surface area contributed by atoms with Gasteiger partial charge in [-0.1, -0.05) is 0 Å². The van der Waals surface area contributed by atoms with E-state index in [0.29, 0.717) is 33.0 Å². The van der Waals surface area contributed by atoms with Gasteiger partial charge in [0.05, 0.1) is 19.8 Å². The predicted molar refractivity (Wildman–Crippen MR) is 59.6 cm³/mol. The molecule has 0 spiro atoms. The summed E-state index contributed by atoms with van der Waals surface area (Å²) in [6.07, 6.45) is 0. The van der Waals surface area contributed by atoms with Crippen molar-refractivity contribution in [1.82, 2.24) is 0 Å². The van der Waals surface area contributed by atoms with E-state index in [1.807, 2.05) is 13.8 Å². The first-order chi connectivity index (χ1) is 6.12. The van der Waals surface area contributed by atoms with Crippen LogP contribution in [0.5, 0.6) is 0 Å². The lowest BCUT2D eigenvalue weighted by molar-refractivity contribution is -0.00367. The third-order valence-electron chi connectivity index (χ3n) is 1.24. The van der Waals surface area contributed by atoms with Gasteiger partial charge in [-0.25, -0.2) is 0 Å². The number of ether oxygens (including phenoxy) is 3. The summed E-state index contributed by atoms with van der Waals surface area (Å²) in [5, 5.41) is 0. The van der Waals surface area contributed by atoms with Crippen molar-refractivity contribution < 1.29 is 14.2 Å². The Labute approximate surface area is 90.9 Å². The molecule has 0 aliphatic carbocycles. The molecule has 0 aliphatic heterocycles. The molecule has 0 aliphatic rings. The summed E-state index contributed by atoms with van der Waals surface area (Å²) in [5.41, 5.74) is 0. The molecule has 0 rings (SSSR count). The highest BCUT2D eigenvalue weighted by Crippen LogP contribution is 2.21. The molecular weight excluding hydrogens is 208 g/mol. The van der Waals surface area contributed by atoms with Gasteiger partial charge in [-0.3, -0.25) is 0 Å². The van der Waals surface area contributed by atoms with Crippen molar-refractivity contribution in [1.29, 1.82) is 0 Å². The molecule has 0 amide bonds. The normalized spacial score (nSPS) is 12.0. The molecular formula is C8H18O3S2. The van der Waals surface area contributed by atoms with Crippen LogP contribution < -0.4 is 0 Å². The maximum atomic E-state index is 5.25. The van der Waals surface area contributed by atoms with E-state index in [4.69, 9.17) is 14.2 Å². The monoisotopic (exact) mass is 226 g/mol. The maximum absolute atomic E-state index is 5.25. The van der Waals surface area contributed by atoms with Crippen LogP contribution in [-0.4, -0.2) is 37.3 Å². The molecule has 80 valence electrons. The number of rotatable bonds is 8. The second-order valence-electron chi connectivity index (χ2n) is 2.43. The average Bonchev–Trinajstić information content (AvgIpc) is 2.04. The van der Waals surface area contributed by atoms with Crippen LogP contribution in [-0.2, 0) is 14.2 Å². The Morgan fingerprint density at radius 3 is 2.15 bits per heavy atom. The van der Waals surface area contributed by atoms with E-state index in [0.717, 1.165) is 0 Å². The molecule has 0 saturated heterocycles. The van der Waals surface area contributed by atoms with Crippen molar-refractivity contribution in [2.45, 2.75) is 18.1 Å². The second-order valence-corrected chi connectivity index (χ2v) is 4.22. The van der Waals surface area contributed by atoms with Gasteiger partial charge in [0.25, 0.3) is 0 Å². The minimum absolute atomic E-state index is 0.347. The number of hydrogen-bond donors (Lipinski definition) is 2. The van der Waals surface area contributed by atoms with Gasteiger partial charge in [-0.2, -0.15) is 0 Å². The molecule has 0 aromatic rings. The molecule has 0 aromatic carbocycles. The Morgan fingerprint density at radius 2 is 1.62 bits per heavy atom. The first kappa shape index (κ1) is 13.6. The average molecular weight is 226 g/mol. The topological polar surface area (TPSA) is 27.7 Å². The summed E-state index contributed by atoms with van der Waals surface area (Å²) in [6, 6.07) is 0. The summed E-state index contributed by atoms with van der Waals surface area (Å²) in [5.74, 6) is 0. The Balaban J connectivity index is 3.29. The smallest absolute Gasteiger partial charge is 0.178 e. The lowest BCUT2D eigenvalue weighted by atomic mass is 10.7. The zero-order valence-electron chi connectivity index (χ0n) is 8.15. The van der Waals surface area contributed by atoms with E-state index in [9.17, 15) is 0 Å². The standard InChI is InChI=1S/C8H18O3S2/c1-3-9-5-6-10-7-8(12,13)11-4-2/h12-13H,3-7H2,1-2H3. The second kappa shape index (κ2) is 7.94. The zero-order valence-corrected chi connectivity index (χ0v) is 9.94. The van der Waals surface area contributed by atoms with Crippen LogP contribution in [0.4, 0.5) is 0 Å². The molecule has 0 bridgehead atoms. The minimum atomic E-state index is -0.791. The van der Waals surface area contributed by atoms with E-state index in [2.05, 4.69) is 25.3 Å². The molecule has 0 aromatic heterocycles. The molecule has 5 heteroatoms. The van der Waals surface area contributed by atoms with Crippen molar-refractivity contribution in [3.05, 3.63) is 0 Å². The van der Waals surface area contributed by atoms with Crippen LogP contribution in [0.1, 0.15) is 13.8 Å². The Kier molecular flexibility index (Phi) is 8.29. The van der Waals surface area contributed by atoms with Gasteiger partial charge in [0.1, 0.15) is 0 Å². The SMILES string of the molecule is CCOCCOCC(S)(S)OCC. The van der Waals surface area contributed by atoms with Crippen LogP contribution in [0.15, 0.2) is 0 Å². The fourth-order valence-corrected chi connectivity index (χ4v) is 1.18. The van der Waals surface area contributed by atoms with Crippen molar-refractivity contribution in [2.75, 3.05) is 33.0 Å². The van der Waals surface area contributed by atoms with Gasteiger partial charge >= 0.3 is 0 Å². The van der Waals surface area contributed by atoms with Gasteiger partial charge in [0, 0.05) is 13.2 Å².